The molecule has 2 amide bonds. The van der Waals surface area contributed by atoms with E-state index in [2.05, 4.69) is 31.7 Å². The maximum atomic E-state index is 14.3. The van der Waals surface area contributed by atoms with E-state index in [1.165, 1.54) is 85.7 Å². The van der Waals surface area contributed by atoms with Crippen LogP contribution in [0.4, 0.5) is 60.9 Å². The molecule has 7 aromatic rings. The molecule has 0 spiro atoms. The van der Waals surface area contributed by atoms with Gasteiger partial charge in [0.1, 0.15) is 51.8 Å². The van der Waals surface area contributed by atoms with E-state index >= 15 is 0 Å². The number of benzene rings is 4. The number of nitrogens with two attached hydrogens (primary N) is 1. The predicted octanol–water partition coefficient (Wildman–Crippen LogP) is -1.46. The lowest BCUT2D eigenvalue weighted by molar-refractivity contribution is -0.156. The number of alkyl halides is 3. The van der Waals surface area contributed by atoms with Crippen molar-refractivity contribution in [3.8, 4) is 5.75 Å². The second-order valence-electron chi connectivity index (χ2n) is 30.7. The van der Waals surface area contributed by atoms with Crippen molar-refractivity contribution in [3.63, 3.8) is 0 Å². The number of anilines is 6. The monoisotopic (exact) mass is 2150 g/mol. The summed E-state index contributed by atoms with van der Waals surface area (Å²) in [5.74, 6) is 0.0450. The summed E-state index contributed by atoms with van der Waals surface area (Å²) in [4.78, 5) is 136. The zero-order valence-corrected chi connectivity index (χ0v) is 80.4. The van der Waals surface area contributed by atoms with Crippen molar-refractivity contribution in [2.75, 3.05) is 55.6 Å². The van der Waals surface area contributed by atoms with Crippen LogP contribution in [0.25, 0.3) is 0 Å². The Kier molecular flexibility index (Phi) is 60.1. The van der Waals surface area contributed by atoms with Gasteiger partial charge in [-0.05, 0) is 195 Å². The van der Waals surface area contributed by atoms with Crippen molar-refractivity contribution < 1.29 is 79.4 Å². The van der Waals surface area contributed by atoms with Gasteiger partial charge in [0.2, 0.25) is 6.29 Å². The molecule has 7 rings (SSSR count). The topological polar surface area (TPSA) is 362 Å². The molecule has 67 heteroatoms. The summed E-state index contributed by atoms with van der Waals surface area (Å²) in [6.45, 7) is 13.6. The van der Waals surface area contributed by atoms with Crippen LogP contribution in [0.2, 0.25) is 0 Å². The number of halogens is 9. The largest absolute Gasteiger partial charge is 0.446 e. The molecule has 0 saturated carbocycles. The zero-order chi connectivity index (χ0) is 100. The third kappa shape index (κ3) is 41.7. The second kappa shape index (κ2) is 62.1. The first-order valence-electron chi connectivity index (χ1n) is 39.4. The smallest absolute Gasteiger partial charge is 0.423 e. The number of amides is 2. The van der Waals surface area contributed by atoms with E-state index in [1.54, 1.807) is 48.5 Å². The molecule has 0 atom stereocenters. The van der Waals surface area contributed by atoms with Crippen LogP contribution < -0.4 is 71.3 Å². The van der Waals surface area contributed by atoms with E-state index < -0.39 is 176 Å². The SMILES string of the molecule is C.C.C.CC(C)(C)OCCCON.Cn1c(Nc2ccc(I)cc2F)c(C(=O)NOCCCO)c(=O)n(C)c1=O.Cn1c(Nc2ccc(I)cc2F)c(C(=O)NOCCCOC(C)(C)C)c(=O)n(C)c1=O.Cn1c(Nc2ccc(I)cc2F)c(C(=O)Oc2ccccc2)c(=O)n(C)c1=O.O=CC(F)(F)F.[B][B]B(B([B])[B])B(B(B([B])[B])B([B])[B])B(B(B([B])[B])B([B])[B])B(B([B])[B])B([B])[B]. The summed E-state index contributed by atoms with van der Waals surface area (Å²) in [6, 6.07) is 21.3. The molecule has 29 nitrogen and oxygen atoms in total. The van der Waals surface area contributed by atoms with Gasteiger partial charge < -0.3 is 40.1 Å². The highest BCUT2D eigenvalue weighted by molar-refractivity contribution is 14.1. The second-order valence-corrected chi connectivity index (χ2v) is 34.5. The normalized spacial score (nSPS) is 10.4. The van der Waals surface area contributed by atoms with Gasteiger partial charge in [-0.1, -0.05) is 40.5 Å². The summed E-state index contributed by atoms with van der Waals surface area (Å²) in [5.41, 5.74) is -1.82. The summed E-state index contributed by atoms with van der Waals surface area (Å²) in [6.07, 6.45) is -15.9. The molecule has 3 aromatic heterocycles. The molecule has 0 unspecified atom stereocenters. The van der Waals surface area contributed by atoms with Crippen LogP contribution in [-0.2, 0) is 71.1 Å². The summed E-state index contributed by atoms with van der Waals surface area (Å²) < 4.78 is 97.7. The quantitative estimate of drug-likeness (QED) is 0.00345. The molecule has 0 fully saturated rings. The molecule has 0 saturated heterocycles. The number of aliphatic hydroxyl groups excluding tert-OH is 1. The number of aromatic nitrogens is 6. The van der Waals surface area contributed by atoms with E-state index in [0.717, 1.165) is 33.8 Å². The molecule has 669 valence electrons. The highest BCUT2D eigenvalue weighted by Gasteiger charge is 2.52. The Morgan fingerprint density at radius 3 is 1.03 bits per heavy atom. The van der Waals surface area contributed by atoms with Crippen molar-refractivity contribution >= 4 is 332 Å². The average Bonchev–Trinajstić information content (AvgIpc) is 0.780. The van der Waals surface area contributed by atoms with Crippen LogP contribution in [0.1, 0.15) is 114 Å². The van der Waals surface area contributed by atoms with Gasteiger partial charge in [0.15, 0.2) is 5.56 Å². The lowest BCUT2D eigenvalue weighted by atomic mass is 8.32. The van der Waals surface area contributed by atoms with Crippen LogP contribution >= 0.6 is 67.8 Å². The molecule has 3 heterocycles. The number of nitrogens with zero attached hydrogens (tertiary/aromatic N) is 6. The third-order valence-corrected chi connectivity index (χ3v) is 20.5. The number of hydrogen-bond donors (Lipinski definition) is 7. The number of carbonyl (C=O) groups is 4. The van der Waals surface area contributed by atoms with E-state index in [-0.39, 0.29) is 106 Å². The van der Waals surface area contributed by atoms with Crippen molar-refractivity contribution in [2.24, 2.45) is 48.2 Å². The molecule has 4 aromatic carbocycles. The molecular weight excluding hydrogens is 2050 g/mol. The van der Waals surface area contributed by atoms with Gasteiger partial charge in [-0.3, -0.25) is 65.8 Å². The van der Waals surface area contributed by atoms with Crippen molar-refractivity contribution in [2.45, 2.75) is 100 Å². The average molecular weight is 2140 g/mol. The van der Waals surface area contributed by atoms with E-state index in [9.17, 15) is 69.5 Å². The van der Waals surface area contributed by atoms with Crippen LogP contribution in [0.3, 0.4) is 0 Å². The first kappa shape index (κ1) is 130. The number of nitrogens with one attached hydrogen (secondary N) is 5. The first-order valence-corrected chi connectivity index (χ1v) is 42.6. The highest BCUT2D eigenvalue weighted by atomic mass is 127. The number of hydrogen-bond acceptors (Lipinski definition) is 21. The first-order chi connectivity index (χ1) is 60.8. The number of rotatable bonds is 36. The van der Waals surface area contributed by atoms with E-state index in [4.69, 9.17) is 156 Å². The van der Waals surface area contributed by atoms with Crippen LogP contribution in [-0.4, -0.2) is 320 Å². The third-order valence-electron chi connectivity index (χ3n) is 18.4. The minimum Gasteiger partial charge on any atom is -0.423 e. The Morgan fingerprint density at radius 2 is 0.754 bits per heavy atom. The number of aliphatic hydroxyl groups is 1. The maximum absolute atomic E-state index is 14.3. The number of hydroxylamine groups is 2. The maximum Gasteiger partial charge on any atom is 0.446 e. The number of para-hydroxylation sites is 1. The lowest BCUT2D eigenvalue weighted by Gasteiger charge is -2.49. The fraction of sp³-hybridized carbons (Fsp3) is 0.403. The molecule has 8 N–H and O–H groups in total. The van der Waals surface area contributed by atoms with Gasteiger partial charge in [0, 0.05) is 279 Å². The fourth-order valence-electron chi connectivity index (χ4n) is 12.2. The van der Waals surface area contributed by atoms with Gasteiger partial charge in [-0.2, -0.15) is 13.2 Å². The molecule has 134 heavy (non-hydrogen) atoms. The summed E-state index contributed by atoms with van der Waals surface area (Å²) in [7, 11) is 99.0. The van der Waals surface area contributed by atoms with Crippen molar-refractivity contribution in [1.29, 1.82) is 0 Å². The molecule has 0 aliphatic heterocycles. The summed E-state index contributed by atoms with van der Waals surface area (Å²) >= 11 is 5.85. The molecule has 0 aliphatic rings. The standard InChI is InChI=1S/C20H26FIN4O5.C19H15FIN3O4.C16H18FIN4O5.C7H17NO2.C2HF3O.3CH4.B29/c1-20(2,3)30-9-6-10-31-24-17(27)15-16(25(4)19(29)26(5)18(15)28)23-14-8-7-12(22)11-13(14)21;1-23-16(22-14-9-8-11(21)10-13(14)20)15(17(25)24(2)19(23)27)18(26)28-12-6-4-3-5-7-12;1-21-13(19-11-5-4-9(18)8-10(11)17)12(15(25)22(2)16(21)26)14(24)20-27-7-3-6-23;1-7(2,3)9-5-4-6-10-8;3-2(4,5)1-6;;;;1-16-24(17(2)3)28(25(18(4)5)19(6)7)29(26(20(8)9)21(10)11)27(22(12)13)23(14)15/h7-8,11,23H,6,9-10H2,1-5H3,(H,24,27);3-10,22H,1-2H3;4-5,8,19,23H,3,6-7H2,1-2H3,(H,20,24);4-6,8H2,1-3H3;1H;3*1H4;. The van der Waals surface area contributed by atoms with E-state index in [0.29, 0.717) is 37.0 Å². The van der Waals surface area contributed by atoms with Gasteiger partial charge in [-0.15, -0.1) is 0 Å². The van der Waals surface area contributed by atoms with Gasteiger partial charge in [-0.25, -0.2) is 49.2 Å². The predicted molar refractivity (Wildman–Crippen MR) is 578 cm³/mol. The number of esters is 1. The minimum atomic E-state index is -4.64. The zero-order valence-electron chi connectivity index (χ0n) is 73.9. The Bertz CT molecular complexity index is 5240. The van der Waals surface area contributed by atoms with Crippen LogP contribution in [0.15, 0.2) is 114 Å². The van der Waals surface area contributed by atoms with Gasteiger partial charge in [0.05, 0.1) is 48.1 Å². The Hall–Kier alpha value is -6.23. The fourth-order valence-corrected chi connectivity index (χ4v) is 13.6. The number of aldehydes is 1. The van der Waals surface area contributed by atoms with Crippen molar-refractivity contribution in [1.82, 2.24) is 38.4 Å². The lowest BCUT2D eigenvalue weighted by Crippen LogP contribution is -2.87. The van der Waals surface area contributed by atoms with Crippen LogP contribution in [0, 0.1) is 28.2 Å². The molecule has 31 radical (unpaired) electrons. The number of carbonyl (C=O) groups excluding carboxylic acids is 4. The van der Waals surface area contributed by atoms with Gasteiger partial charge >= 0.3 is 29.2 Å². The Labute approximate surface area is 845 Å². The Morgan fingerprint density at radius 1 is 0.455 bits per heavy atom. The number of ether oxygens (including phenoxy) is 3. The van der Waals surface area contributed by atoms with Crippen LogP contribution in [0.5, 0.6) is 5.75 Å². The van der Waals surface area contributed by atoms with Gasteiger partial charge in [0.25, 0.3) is 28.5 Å². The van der Waals surface area contributed by atoms with Crippen molar-refractivity contribution in [3.05, 3.63) is 192 Å². The molecular formula is C67H89B29F6I3N12O17. The van der Waals surface area contributed by atoms with E-state index in [1.807, 2.05) is 109 Å². The minimum absolute atomic E-state index is 0. The summed E-state index contributed by atoms with van der Waals surface area (Å²) in [5, 5.41) is 16.7. The Balaban J connectivity index is 0. The molecule has 0 aliphatic carbocycles. The molecule has 0 bridgehead atoms. The highest BCUT2D eigenvalue weighted by Crippen LogP contribution is 2.27.